The summed E-state index contributed by atoms with van der Waals surface area (Å²) in [5.74, 6) is -2.23. The number of hydrogen-bond acceptors (Lipinski definition) is 5. The number of hydrogen-bond donors (Lipinski definition) is 3. The van der Waals surface area contributed by atoms with Crippen molar-refractivity contribution in [1.29, 1.82) is 0 Å². The van der Waals surface area contributed by atoms with Crippen molar-refractivity contribution in [3.05, 3.63) is 77.5 Å². The Kier molecular flexibility index (Phi) is 7.67. The number of esters is 1. The summed E-state index contributed by atoms with van der Waals surface area (Å²) in [6.07, 6.45) is 0.0385. The number of nitrogens with one attached hydrogen (secondary N) is 3. The molecule has 0 aromatic heterocycles. The molecule has 2 aromatic rings. The van der Waals surface area contributed by atoms with Gasteiger partial charge in [-0.25, -0.2) is 9.59 Å². The Labute approximate surface area is 167 Å². The number of ether oxygens (including phenoxy) is 1. The predicted octanol–water partition coefficient (Wildman–Crippen LogP) is 1.90. The molecule has 0 saturated heterocycles. The molecule has 8 heteroatoms. The van der Waals surface area contributed by atoms with Gasteiger partial charge in [0.25, 0.3) is 5.91 Å². The fourth-order valence-corrected chi connectivity index (χ4v) is 2.36. The summed E-state index contributed by atoms with van der Waals surface area (Å²) < 4.78 is 5.36. The quantitative estimate of drug-likeness (QED) is 0.511. The average molecular weight is 395 g/mol. The standard InChI is InChI=1S/C21H21N3O5/c1-14(25)23-17(13-15-9-5-3-6-10-15)20(27)29-18(16-11-7-4-8-12-16)19(26)24-21(28)22-2/h3-13,18H,1-2H3,(H,23,25)(H2,22,24,26,28)/b17-13-/t18-/m0/s1. The van der Waals surface area contributed by atoms with E-state index >= 15 is 0 Å². The molecule has 0 bridgehead atoms. The lowest BCUT2D eigenvalue weighted by molar-refractivity contribution is -0.153. The molecule has 2 aromatic carbocycles. The lowest BCUT2D eigenvalue weighted by Crippen LogP contribution is -2.41. The van der Waals surface area contributed by atoms with Crippen LogP contribution in [0.2, 0.25) is 0 Å². The number of amides is 4. The van der Waals surface area contributed by atoms with Gasteiger partial charge in [0.05, 0.1) is 0 Å². The third-order valence-corrected chi connectivity index (χ3v) is 3.67. The lowest BCUT2D eigenvalue weighted by atomic mass is 10.1. The second-order valence-electron chi connectivity index (χ2n) is 5.91. The fourth-order valence-electron chi connectivity index (χ4n) is 2.36. The van der Waals surface area contributed by atoms with Crippen molar-refractivity contribution in [3.63, 3.8) is 0 Å². The second-order valence-corrected chi connectivity index (χ2v) is 5.91. The highest BCUT2D eigenvalue weighted by Gasteiger charge is 2.28. The van der Waals surface area contributed by atoms with Gasteiger partial charge >= 0.3 is 12.0 Å². The molecule has 3 N–H and O–H groups in total. The van der Waals surface area contributed by atoms with Crippen LogP contribution in [0.25, 0.3) is 6.08 Å². The van der Waals surface area contributed by atoms with E-state index in [9.17, 15) is 19.2 Å². The highest BCUT2D eigenvalue weighted by Crippen LogP contribution is 2.19. The number of carbonyl (C=O) groups is 4. The zero-order valence-corrected chi connectivity index (χ0v) is 16.0. The minimum atomic E-state index is -1.39. The van der Waals surface area contributed by atoms with E-state index in [0.29, 0.717) is 11.1 Å². The largest absolute Gasteiger partial charge is 0.443 e. The molecule has 0 radical (unpaired) electrons. The topological polar surface area (TPSA) is 114 Å². The highest BCUT2D eigenvalue weighted by molar-refractivity contribution is 6.01. The fraction of sp³-hybridized carbons (Fsp3) is 0.143. The predicted molar refractivity (Wildman–Crippen MR) is 106 cm³/mol. The molecule has 4 amide bonds. The van der Waals surface area contributed by atoms with E-state index in [1.165, 1.54) is 20.0 Å². The van der Waals surface area contributed by atoms with Crippen LogP contribution in [0.1, 0.15) is 24.2 Å². The Morgan fingerprint density at radius 2 is 1.48 bits per heavy atom. The van der Waals surface area contributed by atoms with Crippen LogP contribution < -0.4 is 16.0 Å². The summed E-state index contributed by atoms with van der Waals surface area (Å²) in [7, 11) is 1.35. The molecule has 0 aliphatic carbocycles. The summed E-state index contributed by atoms with van der Waals surface area (Å²) in [5.41, 5.74) is 0.876. The molecule has 0 aliphatic heterocycles. The van der Waals surface area contributed by atoms with Crippen molar-refractivity contribution in [2.75, 3.05) is 7.05 Å². The maximum absolute atomic E-state index is 12.7. The summed E-state index contributed by atoms with van der Waals surface area (Å²) in [6.45, 7) is 1.25. The van der Waals surface area contributed by atoms with E-state index in [-0.39, 0.29) is 5.70 Å². The van der Waals surface area contributed by atoms with Gasteiger partial charge in [-0.15, -0.1) is 0 Å². The van der Waals surface area contributed by atoms with Gasteiger partial charge in [0.1, 0.15) is 5.70 Å². The molecule has 0 saturated carbocycles. The zero-order valence-electron chi connectivity index (χ0n) is 16.0. The number of imide groups is 1. The molecule has 2 rings (SSSR count). The van der Waals surface area contributed by atoms with Crippen molar-refractivity contribution in [2.45, 2.75) is 13.0 Å². The van der Waals surface area contributed by atoms with Crippen molar-refractivity contribution >= 4 is 29.9 Å². The van der Waals surface area contributed by atoms with E-state index in [1.807, 2.05) is 6.07 Å². The Morgan fingerprint density at radius 1 is 0.897 bits per heavy atom. The van der Waals surface area contributed by atoms with Gasteiger partial charge in [0, 0.05) is 19.5 Å². The van der Waals surface area contributed by atoms with Crippen LogP contribution in [0.5, 0.6) is 0 Å². The number of urea groups is 1. The van der Waals surface area contributed by atoms with Crippen LogP contribution in [-0.4, -0.2) is 30.9 Å². The minimum Gasteiger partial charge on any atom is -0.443 e. The normalized spacial score (nSPS) is 11.7. The molecule has 1 atom stereocenters. The zero-order chi connectivity index (χ0) is 21.2. The van der Waals surface area contributed by atoms with E-state index in [2.05, 4.69) is 16.0 Å². The molecule has 0 spiro atoms. The Balaban J connectivity index is 2.32. The SMILES string of the molecule is CNC(=O)NC(=O)[C@@H](OC(=O)/C(=C/c1ccccc1)NC(C)=O)c1ccccc1. The van der Waals surface area contributed by atoms with Crippen LogP contribution in [0.15, 0.2) is 66.4 Å². The first kappa shape index (κ1) is 21.4. The van der Waals surface area contributed by atoms with Gasteiger partial charge in [0.15, 0.2) is 0 Å². The van der Waals surface area contributed by atoms with Crippen molar-refractivity contribution in [3.8, 4) is 0 Å². The van der Waals surface area contributed by atoms with Crippen LogP contribution in [0, 0.1) is 0 Å². The van der Waals surface area contributed by atoms with E-state index in [0.717, 1.165) is 0 Å². The van der Waals surface area contributed by atoms with Gasteiger partial charge in [-0.05, 0) is 11.6 Å². The third kappa shape index (κ3) is 6.62. The lowest BCUT2D eigenvalue weighted by Gasteiger charge is -2.18. The third-order valence-electron chi connectivity index (χ3n) is 3.67. The van der Waals surface area contributed by atoms with Crippen molar-refractivity contribution in [2.24, 2.45) is 0 Å². The average Bonchev–Trinajstić information content (AvgIpc) is 2.72. The van der Waals surface area contributed by atoms with Crippen LogP contribution in [0.3, 0.4) is 0 Å². The molecule has 150 valence electrons. The monoisotopic (exact) mass is 395 g/mol. The Hall–Kier alpha value is -3.94. The van der Waals surface area contributed by atoms with Crippen LogP contribution in [0.4, 0.5) is 4.79 Å². The Bertz CT molecular complexity index is 910. The summed E-state index contributed by atoms with van der Waals surface area (Å²) in [6, 6.07) is 16.3. The van der Waals surface area contributed by atoms with E-state index in [1.54, 1.807) is 54.6 Å². The van der Waals surface area contributed by atoms with Gasteiger partial charge in [-0.1, -0.05) is 60.7 Å². The first-order valence-corrected chi connectivity index (χ1v) is 8.73. The molecule has 8 nitrogen and oxygen atoms in total. The number of rotatable bonds is 6. The van der Waals surface area contributed by atoms with Crippen LogP contribution >= 0.6 is 0 Å². The highest BCUT2D eigenvalue weighted by atomic mass is 16.5. The first-order valence-electron chi connectivity index (χ1n) is 8.73. The first-order chi connectivity index (χ1) is 13.9. The van der Waals surface area contributed by atoms with E-state index < -0.39 is 29.9 Å². The van der Waals surface area contributed by atoms with Crippen molar-refractivity contribution in [1.82, 2.24) is 16.0 Å². The summed E-state index contributed by atoms with van der Waals surface area (Å²) in [5, 5.41) is 6.76. The van der Waals surface area contributed by atoms with Gasteiger partial charge in [-0.3, -0.25) is 14.9 Å². The van der Waals surface area contributed by atoms with Crippen LogP contribution in [-0.2, 0) is 19.1 Å². The second kappa shape index (κ2) is 10.4. The summed E-state index contributed by atoms with van der Waals surface area (Å²) in [4.78, 5) is 48.3. The molecule has 0 fully saturated rings. The minimum absolute atomic E-state index is 0.141. The smallest absolute Gasteiger partial charge is 0.355 e. The molecular formula is C21H21N3O5. The number of benzene rings is 2. The maximum atomic E-state index is 12.7. The molecule has 29 heavy (non-hydrogen) atoms. The molecule has 0 unspecified atom stereocenters. The van der Waals surface area contributed by atoms with Crippen molar-refractivity contribution < 1.29 is 23.9 Å². The molecule has 0 aliphatic rings. The maximum Gasteiger partial charge on any atom is 0.355 e. The van der Waals surface area contributed by atoms with Gasteiger partial charge in [-0.2, -0.15) is 0 Å². The summed E-state index contributed by atoms with van der Waals surface area (Å²) >= 11 is 0. The Morgan fingerprint density at radius 3 is 2.03 bits per heavy atom. The molecular weight excluding hydrogens is 374 g/mol. The van der Waals surface area contributed by atoms with Gasteiger partial charge in [0.2, 0.25) is 12.0 Å². The number of carbonyl (C=O) groups excluding carboxylic acids is 4. The van der Waals surface area contributed by atoms with E-state index in [4.69, 9.17) is 4.74 Å². The molecule has 0 heterocycles. The van der Waals surface area contributed by atoms with Gasteiger partial charge < -0.3 is 15.4 Å².